The van der Waals surface area contributed by atoms with Crippen molar-refractivity contribution >= 4 is 0 Å². The van der Waals surface area contributed by atoms with Gasteiger partial charge in [0.05, 0.1) is 6.61 Å². The summed E-state index contributed by atoms with van der Waals surface area (Å²) in [6, 6.07) is 0. The quantitative estimate of drug-likeness (QED) is 0.656. The molecule has 1 N–H and O–H groups in total. The Labute approximate surface area is 94.9 Å². The van der Waals surface area contributed by atoms with Gasteiger partial charge >= 0.3 is 6.36 Å². The van der Waals surface area contributed by atoms with Crippen molar-refractivity contribution in [3.63, 3.8) is 0 Å². The highest BCUT2D eigenvalue weighted by molar-refractivity contribution is 4.56. The molecular weight excluding hydrogens is 221 g/mol. The molecule has 0 aromatic carbocycles. The molecule has 0 aromatic heterocycles. The number of alkyl halides is 3. The van der Waals surface area contributed by atoms with Crippen molar-refractivity contribution in [1.82, 2.24) is 10.2 Å². The van der Waals surface area contributed by atoms with Crippen molar-refractivity contribution < 1.29 is 17.9 Å². The Hall–Kier alpha value is -0.330. The van der Waals surface area contributed by atoms with Crippen LogP contribution < -0.4 is 5.32 Å². The molecule has 0 aliphatic carbocycles. The Balaban J connectivity index is 3.35. The number of ether oxygens (including phenoxy) is 1. The zero-order valence-electron chi connectivity index (χ0n) is 10.1. The van der Waals surface area contributed by atoms with E-state index in [9.17, 15) is 13.2 Å². The predicted molar refractivity (Wildman–Crippen MR) is 57.2 cm³/mol. The van der Waals surface area contributed by atoms with Crippen LogP contribution in [0.1, 0.15) is 13.8 Å². The Morgan fingerprint density at radius 3 is 2.38 bits per heavy atom. The SMILES string of the molecule is CC(C)CNCCN(C)CCOC(F)(F)F. The lowest BCUT2D eigenvalue weighted by atomic mass is 10.2. The van der Waals surface area contributed by atoms with Gasteiger partial charge in [-0.25, -0.2) is 0 Å². The van der Waals surface area contributed by atoms with Crippen LogP contribution in [0.5, 0.6) is 0 Å². The lowest BCUT2D eigenvalue weighted by Gasteiger charge is -2.17. The number of halogens is 3. The van der Waals surface area contributed by atoms with Gasteiger partial charge in [-0.15, -0.1) is 13.2 Å². The standard InChI is InChI=1S/C10H21F3N2O/c1-9(2)8-14-4-5-15(3)6-7-16-10(11,12)13/h9,14H,4-8H2,1-3H3. The zero-order chi connectivity index (χ0) is 12.6. The van der Waals surface area contributed by atoms with E-state index in [1.807, 2.05) is 0 Å². The molecule has 0 aromatic rings. The number of nitrogens with one attached hydrogen (secondary N) is 1. The van der Waals surface area contributed by atoms with Gasteiger partial charge in [0.1, 0.15) is 0 Å². The molecule has 16 heavy (non-hydrogen) atoms. The van der Waals surface area contributed by atoms with Gasteiger partial charge < -0.3 is 10.2 Å². The van der Waals surface area contributed by atoms with Crippen molar-refractivity contribution in [3.05, 3.63) is 0 Å². The highest BCUT2D eigenvalue weighted by Crippen LogP contribution is 2.15. The Kier molecular flexibility index (Phi) is 7.70. The Morgan fingerprint density at radius 1 is 1.25 bits per heavy atom. The lowest BCUT2D eigenvalue weighted by molar-refractivity contribution is -0.324. The molecule has 0 amide bonds. The molecule has 0 spiro atoms. The summed E-state index contributed by atoms with van der Waals surface area (Å²) in [5, 5.41) is 3.22. The third kappa shape index (κ3) is 11.7. The fourth-order valence-electron chi connectivity index (χ4n) is 1.09. The monoisotopic (exact) mass is 242 g/mol. The zero-order valence-corrected chi connectivity index (χ0v) is 10.1. The summed E-state index contributed by atoms with van der Waals surface area (Å²) in [6.07, 6.45) is -4.52. The summed E-state index contributed by atoms with van der Waals surface area (Å²) in [5.41, 5.74) is 0. The van der Waals surface area contributed by atoms with Crippen LogP contribution in [0.25, 0.3) is 0 Å². The van der Waals surface area contributed by atoms with E-state index in [4.69, 9.17) is 0 Å². The van der Waals surface area contributed by atoms with E-state index in [2.05, 4.69) is 23.9 Å². The van der Waals surface area contributed by atoms with E-state index < -0.39 is 6.36 Å². The van der Waals surface area contributed by atoms with Crippen molar-refractivity contribution in [2.75, 3.05) is 39.8 Å². The van der Waals surface area contributed by atoms with Crippen LogP contribution in [-0.4, -0.2) is 51.1 Å². The smallest absolute Gasteiger partial charge is 0.315 e. The Morgan fingerprint density at radius 2 is 1.88 bits per heavy atom. The Bertz CT molecular complexity index is 174. The summed E-state index contributed by atoms with van der Waals surface area (Å²) in [4.78, 5) is 1.80. The molecule has 0 atom stereocenters. The molecular formula is C10H21F3N2O. The molecule has 3 nitrogen and oxygen atoms in total. The molecule has 0 fully saturated rings. The lowest BCUT2D eigenvalue weighted by Crippen LogP contribution is -2.33. The van der Waals surface area contributed by atoms with Crippen LogP contribution >= 0.6 is 0 Å². The van der Waals surface area contributed by atoms with Crippen molar-refractivity contribution in [1.29, 1.82) is 0 Å². The summed E-state index contributed by atoms with van der Waals surface area (Å²) in [5.74, 6) is 0.582. The molecule has 6 heteroatoms. The fourth-order valence-corrected chi connectivity index (χ4v) is 1.09. The molecule has 0 aliphatic rings. The number of rotatable bonds is 8. The minimum atomic E-state index is -4.52. The first kappa shape index (κ1) is 15.7. The maximum absolute atomic E-state index is 11.6. The van der Waals surface area contributed by atoms with E-state index in [1.165, 1.54) is 0 Å². The van der Waals surface area contributed by atoms with Gasteiger partial charge in [0.2, 0.25) is 0 Å². The van der Waals surface area contributed by atoms with E-state index in [1.54, 1.807) is 11.9 Å². The molecule has 0 aliphatic heterocycles. The average Bonchev–Trinajstić information content (AvgIpc) is 2.10. The number of hydrogen-bond donors (Lipinski definition) is 1. The highest BCUT2D eigenvalue weighted by Gasteiger charge is 2.28. The van der Waals surface area contributed by atoms with Crippen molar-refractivity contribution in [2.24, 2.45) is 5.92 Å². The number of hydrogen-bond acceptors (Lipinski definition) is 3. The first-order valence-corrected chi connectivity index (χ1v) is 5.41. The van der Waals surface area contributed by atoms with Gasteiger partial charge in [-0.05, 0) is 19.5 Å². The third-order valence-corrected chi connectivity index (χ3v) is 1.96. The van der Waals surface area contributed by atoms with Crippen LogP contribution in [0.15, 0.2) is 0 Å². The largest absolute Gasteiger partial charge is 0.522 e. The average molecular weight is 242 g/mol. The van der Waals surface area contributed by atoms with Crippen LogP contribution in [0.4, 0.5) is 13.2 Å². The maximum atomic E-state index is 11.6. The van der Waals surface area contributed by atoms with Crippen LogP contribution in [0.2, 0.25) is 0 Å². The normalized spacial score (nSPS) is 12.8. The van der Waals surface area contributed by atoms with Crippen LogP contribution in [0, 0.1) is 5.92 Å². The molecule has 0 heterocycles. The van der Waals surface area contributed by atoms with Gasteiger partial charge in [-0.3, -0.25) is 4.74 Å². The van der Waals surface area contributed by atoms with E-state index >= 15 is 0 Å². The fraction of sp³-hybridized carbons (Fsp3) is 1.00. The first-order valence-electron chi connectivity index (χ1n) is 5.41. The second kappa shape index (κ2) is 7.86. The summed E-state index contributed by atoms with van der Waals surface area (Å²) in [7, 11) is 1.77. The van der Waals surface area contributed by atoms with E-state index in [-0.39, 0.29) is 13.2 Å². The van der Waals surface area contributed by atoms with Crippen molar-refractivity contribution in [2.45, 2.75) is 20.2 Å². The summed E-state index contributed by atoms with van der Waals surface area (Å²) < 4.78 is 38.6. The predicted octanol–water partition coefficient (Wildman–Crippen LogP) is 1.70. The van der Waals surface area contributed by atoms with Crippen LogP contribution in [0.3, 0.4) is 0 Å². The highest BCUT2D eigenvalue weighted by atomic mass is 19.4. The van der Waals surface area contributed by atoms with Crippen molar-refractivity contribution in [3.8, 4) is 0 Å². The summed E-state index contributed by atoms with van der Waals surface area (Å²) in [6.45, 7) is 6.59. The molecule has 0 unspecified atom stereocenters. The second-order valence-electron chi connectivity index (χ2n) is 4.20. The second-order valence-corrected chi connectivity index (χ2v) is 4.20. The van der Waals surface area contributed by atoms with Gasteiger partial charge in [-0.1, -0.05) is 13.8 Å². The first-order chi connectivity index (χ1) is 7.31. The molecule has 0 saturated heterocycles. The number of likely N-dealkylation sites (N-methyl/N-ethyl adjacent to an activating group) is 1. The van der Waals surface area contributed by atoms with Gasteiger partial charge in [0, 0.05) is 19.6 Å². The van der Waals surface area contributed by atoms with Gasteiger partial charge in [0.25, 0.3) is 0 Å². The van der Waals surface area contributed by atoms with Gasteiger partial charge in [0.15, 0.2) is 0 Å². The summed E-state index contributed by atoms with van der Waals surface area (Å²) >= 11 is 0. The maximum Gasteiger partial charge on any atom is 0.522 e. The molecule has 0 saturated carbocycles. The minimum Gasteiger partial charge on any atom is -0.315 e. The van der Waals surface area contributed by atoms with Crippen LogP contribution in [-0.2, 0) is 4.74 Å². The number of nitrogens with zero attached hydrogens (tertiary/aromatic N) is 1. The van der Waals surface area contributed by atoms with E-state index in [0.29, 0.717) is 12.5 Å². The van der Waals surface area contributed by atoms with Gasteiger partial charge in [-0.2, -0.15) is 0 Å². The molecule has 0 rings (SSSR count). The minimum absolute atomic E-state index is 0.281. The third-order valence-electron chi connectivity index (χ3n) is 1.96. The topological polar surface area (TPSA) is 24.5 Å². The molecule has 0 bridgehead atoms. The van der Waals surface area contributed by atoms with E-state index in [0.717, 1.165) is 13.1 Å². The molecule has 98 valence electrons. The molecule has 0 radical (unpaired) electrons.